The van der Waals surface area contributed by atoms with Crippen LogP contribution in [-0.2, 0) is 10.0 Å². The first-order valence-corrected chi connectivity index (χ1v) is 10.7. The van der Waals surface area contributed by atoms with Gasteiger partial charge in [0.2, 0.25) is 10.0 Å². The summed E-state index contributed by atoms with van der Waals surface area (Å²) in [4.78, 5) is 16.7. The van der Waals surface area contributed by atoms with Crippen molar-refractivity contribution >= 4 is 15.9 Å². The van der Waals surface area contributed by atoms with Gasteiger partial charge < -0.3 is 5.32 Å². The Morgan fingerprint density at radius 3 is 2.59 bits per heavy atom. The second-order valence-corrected chi connectivity index (χ2v) is 8.86. The van der Waals surface area contributed by atoms with E-state index in [-0.39, 0.29) is 22.9 Å². The van der Waals surface area contributed by atoms with Gasteiger partial charge in [-0.1, -0.05) is 12.5 Å². The molecule has 0 saturated carbocycles. The molecule has 0 spiro atoms. The Labute approximate surface area is 160 Å². The number of aromatic nitrogens is 1. The van der Waals surface area contributed by atoms with E-state index in [1.54, 1.807) is 28.8 Å². The molecule has 1 aromatic carbocycles. The highest BCUT2D eigenvalue weighted by atomic mass is 32.2. The number of amides is 1. The lowest BCUT2D eigenvalue weighted by Crippen LogP contribution is -2.41. The van der Waals surface area contributed by atoms with Crippen LogP contribution >= 0.6 is 0 Å². The summed E-state index contributed by atoms with van der Waals surface area (Å²) in [5.74, 6) is -0.248. The Bertz CT molecular complexity index is 882. The monoisotopic (exact) mass is 387 g/mol. The molecule has 2 aromatic rings. The minimum atomic E-state index is -3.53. The van der Waals surface area contributed by atoms with Crippen LogP contribution in [0.15, 0.2) is 53.7 Å². The van der Waals surface area contributed by atoms with Gasteiger partial charge in [-0.05, 0) is 62.6 Å². The molecule has 3 rings (SSSR count). The van der Waals surface area contributed by atoms with Gasteiger partial charge in [0.1, 0.15) is 0 Å². The Morgan fingerprint density at radius 2 is 1.96 bits per heavy atom. The van der Waals surface area contributed by atoms with E-state index >= 15 is 0 Å². The summed E-state index contributed by atoms with van der Waals surface area (Å²) in [6.07, 6.45) is 6.21. The van der Waals surface area contributed by atoms with Gasteiger partial charge in [-0.3, -0.25) is 9.78 Å². The number of nitrogens with zero attached hydrogens (tertiary/aromatic N) is 2. The van der Waals surface area contributed by atoms with Crippen LogP contribution in [0.2, 0.25) is 0 Å². The molecular formula is C20H25N3O3S. The van der Waals surface area contributed by atoms with Gasteiger partial charge in [-0.25, -0.2) is 8.42 Å². The van der Waals surface area contributed by atoms with Gasteiger partial charge in [-0.15, -0.1) is 0 Å². The molecule has 1 saturated heterocycles. The van der Waals surface area contributed by atoms with Crippen molar-refractivity contribution in [2.24, 2.45) is 0 Å². The average Bonchev–Trinajstić information content (AvgIpc) is 2.69. The molecule has 0 aliphatic carbocycles. The molecule has 1 aliphatic heterocycles. The SMILES string of the molecule is CC(NC(=O)c1ccc(S(=O)(=O)N2CCCCC2C)cc1)c1cccnc1. The fourth-order valence-electron chi connectivity index (χ4n) is 3.34. The van der Waals surface area contributed by atoms with Crippen molar-refractivity contribution in [3.05, 3.63) is 59.9 Å². The number of carbonyl (C=O) groups excluding carboxylic acids is 1. The highest BCUT2D eigenvalue weighted by molar-refractivity contribution is 7.89. The first-order chi connectivity index (χ1) is 12.9. The molecule has 2 heterocycles. The molecule has 1 N–H and O–H groups in total. The predicted molar refractivity (Wildman–Crippen MR) is 104 cm³/mol. The molecule has 27 heavy (non-hydrogen) atoms. The second-order valence-electron chi connectivity index (χ2n) is 6.97. The zero-order valence-corrected chi connectivity index (χ0v) is 16.4. The standard InChI is InChI=1S/C20H25N3O3S/c1-15-6-3-4-13-23(15)27(25,26)19-10-8-17(9-11-19)20(24)22-16(2)18-7-5-12-21-14-18/h5,7-12,14-16H,3-4,6,13H2,1-2H3,(H,22,24). The summed E-state index contributed by atoms with van der Waals surface area (Å²) in [7, 11) is -3.53. The summed E-state index contributed by atoms with van der Waals surface area (Å²) in [6.45, 7) is 4.37. The Hall–Kier alpha value is -2.25. The fraction of sp³-hybridized carbons (Fsp3) is 0.400. The third-order valence-electron chi connectivity index (χ3n) is 5.00. The van der Waals surface area contributed by atoms with Crippen molar-refractivity contribution in [1.82, 2.24) is 14.6 Å². The Kier molecular flexibility index (Phi) is 5.92. The van der Waals surface area contributed by atoms with Crippen LogP contribution < -0.4 is 5.32 Å². The number of rotatable bonds is 5. The smallest absolute Gasteiger partial charge is 0.251 e. The van der Waals surface area contributed by atoms with Gasteiger partial charge >= 0.3 is 0 Å². The molecule has 2 unspecified atom stereocenters. The minimum Gasteiger partial charge on any atom is -0.345 e. The summed E-state index contributed by atoms with van der Waals surface area (Å²) in [6, 6.07) is 9.68. The van der Waals surface area contributed by atoms with Crippen molar-refractivity contribution in [2.75, 3.05) is 6.54 Å². The lowest BCUT2D eigenvalue weighted by Gasteiger charge is -2.32. The molecular weight excluding hydrogens is 362 g/mol. The lowest BCUT2D eigenvalue weighted by molar-refractivity contribution is 0.0939. The van der Waals surface area contributed by atoms with E-state index in [1.165, 1.54) is 12.1 Å². The molecule has 1 aromatic heterocycles. The van der Waals surface area contributed by atoms with Crippen molar-refractivity contribution < 1.29 is 13.2 Å². The van der Waals surface area contributed by atoms with Gasteiger partial charge in [0, 0.05) is 30.5 Å². The van der Waals surface area contributed by atoms with Crippen LogP contribution in [0.4, 0.5) is 0 Å². The van der Waals surface area contributed by atoms with E-state index in [0.29, 0.717) is 12.1 Å². The first kappa shape index (κ1) is 19.5. The normalized spacial score (nSPS) is 19.4. The predicted octanol–water partition coefficient (Wildman–Crippen LogP) is 3.14. The molecule has 0 radical (unpaired) electrons. The topological polar surface area (TPSA) is 79.4 Å². The largest absolute Gasteiger partial charge is 0.345 e. The van der Waals surface area contributed by atoms with E-state index in [4.69, 9.17) is 0 Å². The fourth-order valence-corrected chi connectivity index (χ4v) is 5.04. The highest BCUT2D eigenvalue weighted by Gasteiger charge is 2.30. The van der Waals surface area contributed by atoms with Crippen LogP contribution in [0.3, 0.4) is 0 Å². The average molecular weight is 388 g/mol. The van der Waals surface area contributed by atoms with E-state index in [2.05, 4.69) is 10.3 Å². The number of hydrogen-bond acceptors (Lipinski definition) is 4. The third kappa shape index (κ3) is 4.36. The van der Waals surface area contributed by atoms with Gasteiger partial charge in [0.05, 0.1) is 10.9 Å². The summed E-state index contributed by atoms with van der Waals surface area (Å²) in [5, 5.41) is 2.90. The van der Waals surface area contributed by atoms with Crippen LogP contribution in [0.1, 0.15) is 55.1 Å². The van der Waals surface area contributed by atoms with Crippen LogP contribution in [-0.4, -0.2) is 36.2 Å². The zero-order chi connectivity index (χ0) is 19.4. The summed E-state index contributed by atoms with van der Waals surface area (Å²) in [5.41, 5.74) is 1.33. The number of hydrogen-bond donors (Lipinski definition) is 1. The second kappa shape index (κ2) is 8.19. The van der Waals surface area contributed by atoms with Crippen molar-refractivity contribution in [1.29, 1.82) is 0 Å². The summed E-state index contributed by atoms with van der Waals surface area (Å²) >= 11 is 0. The van der Waals surface area contributed by atoms with Crippen LogP contribution in [0.5, 0.6) is 0 Å². The zero-order valence-electron chi connectivity index (χ0n) is 15.6. The molecule has 2 atom stereocenters. The summed E-state index contributed by atoms with van der Waals surface area (Å²) < 4.78 is 27.3. The molecule has 7 heteroatoms. The molecule has 0 bridgehead atoms. The Balaban J connectivity index is 1.72. The molecule has 6 nitrogen and oxygen atoms in total. The van der Waals surface area contributed by atoms with E-state index in [1.807, 2.05) is 26.0 Å². The third-order valence-corrected chi connectivity index (χ3v) is 7.02. The van der Waals surface area contributed by atoms with Crippen LogP contribution in [0, 0.1) is 0 Å². The minimum absolute atomic E-state index is 0.00653. The molecule has 1 aliphatic rings. The maximum Gasteiger partial charge on any atom is 0.251 e. The van der Waals surface area contributed by atoms with Crippen molar-refractivity contribution in [3.8, 4) is 0 Å². The van der Waals surface area contributed by atoms with Gasteiger partial charge in [0.15, 0.2) is 0 Å². The maximum absolute atomic E-state index is 12.9. The van der Waals surface area contributed by atoms with E-state index in [0.717, 1.165) is 24.8 Å². The number of sulfonamides is 1. The van der Waals surface area contributed by atoms with Crippen molar-refractivity contribution in [3.63, 3.8) is 0 Å². The van der Waals surface area contributed by atoms with E-state index in [9.17, 15) is 13.2 Å². The van der Waals surface area contributed by atoms with Crippen LogP contribution in [0.25, 0.3) is 0 Å². The lowest BCUT2D eigenvalue weighted by atomic mass is 10.1. The molecule has 1 amide bonds. The van der Waals surface area contributed by atoms with Gasteiger partial charge in [0.25, 0.3) is 5.91 Å². The van der Waals surface area contributed by atoms with Crippen molar-refractivity contribution in [2.45, 2.75) is 50.1 Å². The van der Waals surface area contributed by atoms with E-state index < -0.39 is 10.0 Å². The number of benzene rings is 1. The number of piperidine rings is 1. The maximum atomic E-state index is 12.9. The number of carbonyl (C=O) groups is 1. The van der Waals surface area contributed by atoms with Gasteiger partial charge in [-0.2, -0.15) is 4.31 Å². The number of nitrogens with one attached hydrogen (secondary N) is 1. The quantitative estimate of drug-likeness (QED) is 0.855. The molecule has 144 valence electrons. The molecule has 1 fully saturated rings. The first-order valence-electron chi connectivity index (χ1n) is 9.22. The highest BCUT2D eigenvalue weighted by Crippen LogP contribution is 2.25. The number of pyridine rings is 1. The Morgan fingerprint density at radius 1 is 1.22 bits per heavy atom.